The molecule has 0 bridgehead atoms. The van der Waals surface area contributed by atoms with Gasteiger partial charge in [0.05, 0.1) is 17.2 Å². The Hall–Kier alpha value is -3.22. The molecule has 29 heavy (non-hydrogen) atoms. The third-order valence-corrected chi connectivity index (χ3v) is 5.51. The summed E-state index contributed by atoms with van der Waals surface area (Å²) in [6, 6.07) is 9.77. The normalized spacial score (nSPS) is 14.9. The average Bonchev–Trinajstić information content (AvgIpc) is 2.70. The molecule has 150 valence electrons. The van der Waals surface area contributed by atoms with Crippen LogP contribution in [0.1, 0.15) is 30.0 Å². The molecular formula is C22H23FN4O2. The second kappa shape index (κ2) is 7.66. The Morgan fingerprint density at radius 1 is 1.14 bits per heavy atom. The van der Waals surface area contributed by atoms with Crippen LogP contribution >= 0.6 is 0 Å². The number of nitrogens with zero attached hydrogens (tertiary/aromatic N) is 3. The van der Waals surface area contributed by atoms with Gasteiger partial charge in [-0.25, -0.2) is 14.2 Å². The van der Waals surface area contributed by atoms with Crippen LogP contribution in [-0.4, -0.2) is 33.6 Å². The van der Waals surface area contributed by atoms with Crippen molar-refractivity contribution in [3.63, 3.8) is 0 Å². The number of halogens is 1. The van der Waals surface area contributed by atoms with E-state index in [0.29, 0.717) is 36.8 Å². The third kappa shape index (κ3) is 3.85. The van der Waals surface area contributed by atoms with Crippen LogP contribution in [0.5, 0.6) is 0 Å². The van der Waals surface area contributed by atoms with Crippen LogP contribution in [0.4, 0.5) is 14.9 Å². The van der Waals surface area contributed by atoms with Gasteiger partial charge in [-0.2, -0.15) is 0 Å². The fourth-order valence-electron chi connectivity index (χ4n) is 3.86. The van der Waals surface area contributed by atoms with Crippen molar-refractivity contribution < 1.29 is 9.18 Å². The van der Waals surface area contributed by atoms with Crippen LogP contribution in [0.2, 0.25) is 0 Å². The van der Waals surface area contributed by atoms with Crippen molar-refractivity contribution in [3.8, 4) is 0 Å². The van der Waals surface area contributed by atoms with E-state index in [4.69, 9.17) is 0 Å². The molecule has 3 aromatic rings. The van der Waals surface area contributed by atoms with E-state index in [0.717, 1.165) is 16.8 Å². The predicted molar refractivity (Wildman–Crippen MR) is 111 cm³/mol. The molecule has 0 spiro atoms. The van der Waals surface area contributed by atoms with Gasteiger partial charge in [-0.15, -0.1) is 0 Å². The van der Waals surface area contributed by atoms with Gasteiger partial charge in [0.2, 0.25) is 0 Å². The number of carbonyl (C=O) groups is 1. The molecule has 0 radical (unpaired) electrons. The Kier molecular flexibility index (Phi) is 5.05. The largest absolute Gasteiger partial charge is 0.324 e. The van der Waals surface area contributed by atoms with E-state index in [1.165, 1.54) is 24.5 Å². The van der Waals surface area contributed by atoms with Crippen molar-refractivity contribution in [2.45, 2.75) is 32.7 Å². The zero-order chi connectivity index (χ0) is 20.5. The summed E-state index contributed by atoms with van der Waals surface area (Å²) in [7, 11) is 0. The molecular weight excluding hydrogens is 371 g/mol. The number of amides is 2. The lowest BCUT2D eigenvalue weighted by molar-refractivity contribution is 0.182. The summed E-state index contributed by atoms with van der Waals surface area (Å²) in [5.41, 5.74) is 3.17. The van der Waals surface area contributed by atoms with Gasteiger partial charge < -0.3 is 10.2 Å². The summed E-state index contributed by atoms with van der Waals surface area (Å²) in [4.78, 5) is 31.4. The molecule has 1 N–H and O–H groups in total. The minimum absolute atomic E-state index is 0.0328. The molecule has 1 aliphatic rings. The second-order valence-corrected chi connectivity index (χ2v) is 7.59. The molecule has 1 saturated heterocycles. The number of fused-ring (bicyclic) bond motifs is 1. The van der Waals surface area contributed by atoms with Crippen LogP contribution in [0.3, 0.4) is 0 Å². The smallest absolute Gasteiger partial charge is 0.321 e. The highest BCUT2D eigenvalue weighted by Gasteiger charge is 2.25. The Bertz CT molecular complexity index is 1130. The number of likely N-dealkylation sites (tertiary alicyclic amines) is 1. The van der Waals surface area contributed by atoms with Crippen molar-refractivity contribution >= 4 is 22.6 Å². The Morgan fingerprint density at radius 2 is 1.90 bits per heavy atom. The van der Waals surface area contributed by atoms with Crippen molar-refractivity contribution in [2.75, 3.05) is 18.4 Å². The van der Waals surface area contributed by atoms with E-state index in [9.17, 15) is 14.0 Å². The number of anilines is 1. The summed E-state index contributed by atoms with van der Waals surface area (Å²) >= 11 is 0. The molecule has 1 aliphatic heterocycles. The number of carbonyl (C=O) groups excluding carboxylic acids is 1. The number of rotatable bonds is 2. The van der Waals surface area contributed by atoms with Gasteiger partial charge in [-0.1, -0.05) is 17.7 Å². The topological polar surface area (TPSA) is 67.2 Å². The molecule has 1 fully saturated rings. The molecule has 0 unspecified atom stereocenters. The molecule has 0 atom stereocenters. The minimum Gasteiger partial charge on any atom is -0.324 e. The van der Waals surface area contributed by atoms with Crippen molar-refractivity contribution in [2.24, 2.45) is 0 Å². The van der Waals surface area contributed by atoms with Crippen molar-refractivity contribution in [1.82, 2.24) is 14.5 Å². The quantitative estimate of drug-likeness (QED) is 0.714. The molecule has 2 aromatic carbocycles. The number of aryl methyl sites for hydroxylation is 2. The Morgan fingerprint density at radius 3 is 2.62 bits per heavy atom. The average molecular weight is 394 g/mol. The molecule has 6 nitrogen and oxygen atoms in total. The fraction of sp³-hybridized carbons (Fsp3) is 0.318. The van der Waals surface area contributed by atoms with E-state index < -0.39 is 5.82 Å². The highest BCUT2D eigenvalue weighted by atomic mass is 19.1. The number of hydrogen-bond acceptors (Lipinski definition) is 3. The zero-order valence-corrected chi connectivity index (χ0v) is 16.5. The lowest BCUT2D eigenvalue weighted by atomic mass is 10.0. The Balaban J connectivity index is 1.45. The zero-order valence-electron chi connectivity index (χ0n) is 16.5. The molecule has 2 amide bonds. The van der Waals surface area contributed by atoms with E-state index in [2.05, 4.69) is 10.3 Å². The number of aromatic nitrogens is 2. The van der Waals surface area contributed by atoms with E-state index in [1.54, 1.807) is 9.47 Å². The van der Waals surface area contributed by atoms with Gasteiger partial charge in [0, 0.05) is 30.9 Å². The monoisotopic (exact) mass is 394 g/mol. The Labute approximate surface area is 168 Å². The first-order valence-corrected chi connectivity index (χ1v) is 9.72. The number of benzene rings is 2. The first-order valence-electron chi connectivity index (χ1n) is 9.72. The SMILES string of the molecule is Cc1ccc(NC(=O)N2CCC(n3cnc4cc(F)ccc4c3=O)CC2)c(C)c1. The first kappa shape index (κ1) is 19.1. The van der Waals surface area contributed by atoms with E-state index in [-0.39, 0.29) is 17.6 Å². The standard InChI is InChI=1S/C22H23FN4O2/c1-14-3-6-19(15(2)11-14)25-22(29)26-9-7-17(8-10-26)27-13-24-20-12-16(23)4-5-18(20)21(27)28/h3-6,11-13,17H,7-10H2,1-2H3,(H,25,29). The van der Waals surface area contributed by atoms with Gasteiger partial charge >= 0.3 is 6.03 Å². The van der Waals surface area contributed by atoms with Gasteiger partial charge in [0.15, 0.2) is 0 Å². The van der Waals surface area contributed by atoms with Gasteiger partial charge in [-0.3, -0.25) is 9.36 Å². The first-order chi connectivity index (χ1) is 13.9. The fourth-order valence-corrected chi connectivity index (χ4v) is 3.86. The molecule has 2 heterocycles. The van der Waals surface area contributed by atoms with Crippen molar-refractivity contribution in [1.29, 1.82) is 0 Å². The van der Waals surface area contributed by atoms with Crippen LogP contribution in [0, 0.1) is 19.7 Å². The summed E-state index contributed by atoms with van der Waals surface area (Å²) < 4.78 is 15.0. The summed E-state index contributed by atoms with van der Waals surface area (Å²) in [6.45, 7) is 5.09. The van der Waals surface area contributed by atoms with Crippen LogP contribution < -0.4 is 10.9 Å². The molecule has 4 rings (SSSR count). The number of urea groups is 1. The van der Waals surface area contributed by atoms with E-state index in [1.807, 2.05) is 32.0 Å². The maximum Gasteiger partial charge on any atom is 0.321 e. The number of nitrogens with one attached hydrogen (secondary N) is 1. The minimum atomic E-state index is -0.412. The maximum atomic E-state index is 13.4. The highest BCUT2D eigenvalue weighted by molar-refractivity contribution is 5.90. The van der Waals surface area contributed by atoms with Crippen LogP contribution in [-0.2, 0) is 0 Å². The maximum absolute atomic E-state index is 13.4. The van der Waals surface area contributed by atoms with Crippen LogP contribution in [0.15, 0.2) is 47.5 Å². The molecule has 0 saturated carbocycles. The van der Waals surface area contributed by atoms with Gasteiger partial charge in [-0.05, 0) is 50.5 Å². The summed E-state index contributed by atoms with van der Waals surface area (Å²) in [5.74, 6) is -0.412. The van der Waals surface area contributed by atoms with Gasteiger partial charge in [0.25, 0.3) is 5.56 Å². The molecule has 7 heteroatoms. The summed E-state index contributed by atoms with van der Waals surface area (Å²) in [6.07, 6.45) is 2.81. The lowest BCUT2D eigenvalue weighted by Crippen LogP contribution is -2.42. The van der Waals surface area contributed by atoms with E-state index >= 15 is 0 Å². The second-order valence-electron chi connectivity index (χ2n) is 7.59. The van der Waals surface area contributed by atoms with Crippen LogP contribution in [0.25, 0.3) is 10.9 Å². The van der Waals surface area contributed by atoms with Gasteiger partial charge in [0.1, 0.15) is 5.82 Å². The number of hydrogen-bond donors (Lipinski definition) is 1. The predicted octanol–water partition coefficient (Wildman–Crippen LogP) is 4.02. The lowest BCUT2D eigenvalue weighted by Gasteiger charge is -2.33. The van der Waals surface area contributed by atoms with Crippen molar-refractivity contribution in [3.05, 3.63) is 70.0 Å². The summed E-state index contributed by atoms with van der Waals surface area (Å²) in [5, 5.41) is 3.38. The molecule has 1 aromatic heterocycles. The highest BCUT2D eigenvalue weighted by Crippen LogP contribution is 2.23. The number of piperidine rings is 1. The molecule has 0 aliphatic carbocycles. The third-order valence-electron chi connectivity index (χ3n) is 5.51.